The van der Waals surface area contributed by atoms with Crippen LogP contribution in [0.1, 0.15) is 18.9 Å². The molecule has 0 spiro atoms. The Morgan fingerprint density at radius 2 is 2.00 bits per heavy atom. The van der Waals surface area contributed by atoms with Gasteiger partial charge in [-0.05, 0) is 24.1 Å². The molecule has 0 aromatic heterocycles. The first-order chi connectivity index (χ1) is 9.00. The fourth-order valence-electron chi connectivity index (χ4n) is 2.49. The third kappa shape index (κ3) is 3.78. The molecule has 1 fully saturated rings. The van der Waals surface area contributed by atoms with Crippen molar-refractivity contribution in [2.24, 2.45) is 0 Å². The Balaban J connectivity index is 2.06. The SMILES string of the molecule is CCC1CNCCN1Cc1ccc(S(C)(=O)=O)cc1. The van der Waals surface area contributed by atoms with Gasteiger partial charge in [-0.2, -0.15) is 0 Å². The Morgan fingerprint density at radius 1 is 1.32 bits per heavy atom. The van der Waals surface area contributed by atoms with Gasteiger partial charge in [-0.3, -0.25) is 4.90 Å². The molecule has 19 heavy (non-hydrogen) atoms. The van der Waals surface area contributed by atoms with Gasteiger partial charge in [0.25, 0.3) is 0 Å². The van der Waals surface area contributed by atoms with Gasteiger partial charge < -0.3 is 5.32 Å². The normalized spacial score (nSPS) is 21.5. The minimum atomic E-state index is -3.09. The van der Waals surface area contributed by atoms with E-state index in [1.165, 1.54) is 11.8 Å². The van der Waals surface area contributed by atoms with E-state index in [9.17, 15) is 8.42 Å². The van der Waals surface area contributed by atoms with Crippen LogP contribution < -0.4 is 5.32 Å². The summed E-state index contributed by atoms with van der Waals surface area (Å²) in [6.07, 6.45) is 2.37. The number of nitrogens with zero attached hydrogens (tertiary/aromatic N) is 1. The highest BCUT2D eigenvalue weighted by molar-refractivity contribution is 7.90. The average Bonchev–Trinajstić information content (AvgIpc) is 2.39. The number of hydrogen-bond acceptors (Lipinski definition) is 4. The largest absolute Gasteiger partial charge is 0.314 e. The molecule has 0 saturated carbocycles. The Labute approximate surface area is 115 Å². The van der Waals surface area contributed by atoms with Crippen LogP contribution in [0.15, 0.2) is 29.2 Å². The average molecular weight is 282 g/mol. The molecule has 4 nitrogen and oxygen atoms in total. The molecule has 5 heteroatoms. The lowest BCUT2D eigenvalue weighted by Gasteiger charge is -2.35. The van der Waals surface area contributed by atoms with Crippen LogP contribution in [0.5, 0.6) is 0 Å². The summed E-state index contributed by atoms with van der Waals surface area (Å²) in [5, 5.41) is 3.41. The minimum absolute atomic E-state index is 0.392. The lowest BCUT2D eigenvalue weighted by atomic mass is 10.1. The van der Waals surface area contributed by atoms with E-state index in [-0.39, 0.29) is 0 Å². The first-order valence-corrected chi connectivity index (χ1v) is 8.63. The molecule has 1 aromatic rings. The molecule has 1 heterocycles. The van der Waals surface area contributed by atoms with Gasteiger partial charge in [0, 0.05) is 38.5 Å². The monoisotopic (exact) mass is 282 g/mol. The second-order valence-corrected chi connectivity index (χ2v) is 7.17. The number of benzene rings is 1. The third-order valence-electron chi connectivity index (χ3n) is 3.68. The van der Waals surface area contributed by atoms with E-state index in [2.05, 4.69) is 17.1 Å². The van der Waals surface area contributed by atoms with Gasteiger partial charge >= 0.3 is 0 Å². The molecule has 1 N–H and O–H groups in total. The van der Waals surface area contributed by atoms with Crippen LogP contribution in [0.4, 0.5) is 0 Å². The highest BCUT2D eigenvalue weighted by Crippen LogP contribution is 2.15. The molecule has 0 radical (unpaired) electrons. The van der Waals surface area contributed by atoms with Crippen LogP contribution in [-0.2, 0) is 16.4 Å². The maximum absolute atomic E-state index is 11.4. The molecule has 1 saturated heterocycles. The molecule has 1 aliphatic rings. The maximum Gasteiger partial charge on any atom is 0.175 e. The van der Waals surface area contributed by atoms with Crippen molar-refractivity contribution >= 4 is 9.84 Å². The molecule has 0 aliphatic carbocycles. The van der Waals surface area contributed by atoms with Crippen molar-refractivity contribution in [1.82, 2.24) is 10.2 Å². The molecule has 1 aliphatic heterocycles. The van der Waals surface area contributed by atoms with Crippen molar-refractivity contribution in [1.29, 1.82) is 0 Å². The summed E-state index contributed by atoms with van der Waals surface area (Å²) in [6.45, 7) is 6.21. The minimum Gasteiger partial charge on any atom is -0.314 e. The van der Waals surface area contributed by atoms with E-state index in [4.69, 9.17) is 0 Å². The lowest BCUT2D eigenvalue weighted by molar-refractivity contribution is 0.149. The molecule has 0 bridgehead atoms. The van der Waals surface area contributed by atoms with Gasteiger partial charge in [0.1, 0.15) is 0 Å². The predicted molar refractivity (Wildman–Crippen MR) is 76.9 cm³/mol. The van der Waals surface area contributed by atoms with Crippen molar-refractivity contribution in [3.8, 4) is 0 Å². The number of hydrogen-bond donors (Lipinski definition) is 1. The molecule has 0 amide bonds. The molecule has 106 valence electrons. The Morgan fingerprint density at radius 3 is 2.58 bits per heavy atom. The number of piperazine rings is 1. The Hall–Kier alpha value is -0.910. The van der Waals surface area contributed by atoms with Crippen LogP contribution in [0.2, 0.25) is 0 Å². The third-order valence-corrected chi connectivity index (χ3v) is 4.81. The fourth-order valence-corrected chi connectivity index (χ4v) is 3.12. The number of nitrogens with one attached hydrogen (secondary N) is 1. The topological polar surface area (TPSA) is 49.4 Å². The zero-order valence-corrected chi connectivity index (χ0v) is 12.4. The van der Waals surface area contributed by atoms with Gasteiger partial charge in [0.15, 0.2) is 9.84 Å². The van der Waals surface area contributed by atoms with Crippen molar-refractivity contribution in [2.45, 2.75) is 30.8 Å². The summed E-state index contributed by atoms with van der Waals surface area (Å²) in [4.78, 5) is 2.86. The van der Waals surface area contributed by atoms with E-state index < -0.39 is 9.84 Å². The number of sulfone groups is 1. The zero-order chi connectivity index (χ0) is 13.9. The second kappa shape index (κ2) is 6.03. The van der Waals surface area contributed by atoms with Crippen LogP contribution in [-0.4, -0.2) is 45.2 Å². The zero-order valence-electron chi connectivity index (χ0n) is 11.6. The quantitative estimate of drug-likeness (QED) is 0.903. The summed E-state index contributed by atoms with van der Waals surface area (Å²) in [6, 6.07) is 7.82. The van der Waals surface area contributed by atoms with Crippen LogP contribution in [0.3, 0.4) is 0 Å². The van der Waals surface area contributed by atoms with Gasteiger partial charge in [-0.15, -0.1) is 0 Å². The molecule has 2 rings (SSSR count). The smallest absolute Gasteiger partial charge is 0.175 e. The summed E-state index contributed by atoms with van der Waals surface area (Å²) in [5.74, 6) is 0. The predicted octanol–water partition coefficient (Wildman–Crippen LogP) is 1.27. The van der Waals surface area contributed by atoms with Crippen LogP contribution >= 0.6 is 0 Å². The summed E-state index contributed by atoms with van der Waals surface area (Å²) >= 11 is 0. The molecule has 1 unspecified atom stereocenters. The number of rotatable bonds is 4. The van der Waals surface area contributed by atoms with Crippen molar-refractivity contribution < 1.29 is 8.42 Å². The molecule has 1 atom stereocenters. The second-order valence-electron chi connectivity index (χ2n) is 5.15. The molecular weight excluding hydrogens is 260 g/mol. The van der Waals surface area contributed by atoms with Crippen LogP contribution in [0, 0.1) is 0 Å². The molecule has 1 aromatic carbocycles. The molecular formula is C14H22N2O2S. The van der Waals surface area contributed by atoms with E-state index in [1.54, 1.807) is 12.1 Å². The van der Waals surface area contributed by atoms with Gasteiger partial charge in [0.05, 0.1) is 4.90 Å². The first-order valence-electron chi connectivity index (χ1n) is 6.74. The van der Waals surface area contributed by atoms with E-state index in [0.29, 0.717) is 10.9 Å². The standard InChI is InChI=1S/C14H22N2O2S/c1-3-13-10-15-8-9-16(13)11-12-4-6-14(7-5-12)19(2,17)18/h4-7,13,15H,3,8-11H2,1-2H3. The summed E-state index contributed by atoms with van der Waals surface area (Å²) in [5.41, 5.74) is 1.17. The van der Waals surface area contributed by atoms with E-state index >= 15 is 0 Å². The van der Waals surface area contributed by atoms with Gasteiger partial charge in [0.2, 0.25) is 0 Å². The Kier molecular flexibility index (Phi) is 4.60. The maximum atomic E-state index is 11.4. The van der Waals surface area contributed by atoms with E-state index in [0.717, 1.165) is 32.6 Å². The van der Waals surface area contributed by atoms with Gasteiger partial charge in [-0.1, -0.05) is 19.1 Å². The van der Waals surface area contributed by atoms with Crippen molar-refractivity contribution in [3.05, 3.63) is 29.8 Å². The highest BCUT2D eigenvalue weighted by atomic mass is 32.2. The lowest BCUT2D eigenvalue weighted by Crippen LogP contribution is -2.50. The summed E-state index contributed by atoms with van der Waals surface area (Å²) < 4.78 is 22.8. The van der Waals surface area contributed by atoms with Crippen LogP contribution in [0.25, 0.3) is 0 Å². The Bertz CT molecular complexity index is 511. The van der Waals surface area contributed by atoms with Crippen molar-refractivity contribution in [3.63, 3.8) is 0 Å². The first kappa shape index (κ1) is 14.5. The highest BCUT2D eigenvalue weighted by Gasteiger charge is 2.20. The van der Waals surface area contributed by atoms with E-state index in [1.807, 2.05) is 12.1 Å². The fraction of sp³-hybridized carbons (Fsp3) is 0.571. The van der Waals surface area contributed by atoms with Crippen molar-refractivity contribution in [2.75, 3.05) is 25.9 Å². The van der Waals surface area contributed by atoms with Gasteiger partial charge in [-0.25, -0.2) is 8.42 Å². The summed E-state index contributed by atoms with van der Waals surface area (Å²) in [7, 11) is -3.09.